The molecule has 0 saturated carbocycles. The van der Waals surface area contributed by atoms with E-state index in [0.29, 0.717) is 10.8 Å². The molecule has 6 heteroatoms. The summed E-state index contributed by atoms with van der Waals surface area (Å²) < 4.78 is 28.6. The second-order valence-corrected chi connectivity index (χ2v) is 8.02. The molecular weight excluding hydrogens is 340 g/mol. The first kappa shape index (κ1) is 15.9. The van der Waals surface area contributed by atoms with E-state index in [1.54, 1.807) is 6.07 Å². The van der Waals surface area contributed by atoms with Gasteiger partial charge in [-0.2, -0.15) is 0 Å². The molecule has 2 atom stereocenters. The maximum atomic E-state index is 12.5. The zero-order valence-electron chi connectivity index (χ0n) is 11.8. The van der Waals surface area contributed by atoms with Crippen molar-refractivity contribution in [1.29, 1.82) is 0 Å². The van der Waals surface area contributed by atoms with Gasteiger partial charge in [-0.3, -0.25) is 0 Å². The molecule has 1 aromatic rings. The van der Waals surface area contributed by atoms with Crippen molar-refractivity contribution in [2.75, 3.05) is 13.1 Å². The number of halogens is 1. The van der Waals surface area contributed by atoms with Crippen LogP contribution in [0.5, 0.6) is 0 Å². The van der Waals surface area contributed by atoms with Crippen LogP contribution in [0.2, 0.25) is 0 Å². The zero-order chi connectivity index (χ0) is 14.8. The SMILES string of the molecule is Cc1ccc(Br)cc1S(=O)(=O)NC(C)C1CCCNC1. The molecule has 1 aliphatic rings. The van der Waals surface area contributed by atoms with Crippen molar-refractivity contribution >= 4 is 26.0 Å². The van der Waals surface area contributed by atoms with E-state index in [1.807, 2.05) is 26.0 Å². The van der Waals surface area contributed by atoms with E-state index in [1.165, 1.54) is 0 Å². The Bertz CT molecular complexity index is 569. The van der Waals surface area contributed by atoms with Crippen LogP contribution < -0.4 is 10.0 Å². The fourth-order valence-electron chi connectivity index (χ4n) is 2.57. The van der Waals surface area contributed by atoms with Crippen molar-refractivity contribution in [3.8, 4) is 0 Å². The molecule has 0 bridgehead atoms. The van der Waals surface area contributed by atoms with Gasteiger partial charge in [0.15, 0.2) is 0 Å². The molecule has 4 nitrogen and oxygen atoms in total. The van der Waals surface area contributed by atoms with Crippen LogP contribution in [0.15, 0.2) is 27.6 Å². The highest BCUT2D eigenvalue weighted by molar-refractivity contribution is 9.10. The predicted octanol–water partition coefficient (Wildman–Crippen LogP) is 2.42. The Morgan fingerprint density at radius 2 is 2.20 bits per heavy atom. The minimum absolute atomic E-state index is 0.0637. The monoisotopic (exact) mass is 360 g/mol. The van der Waals surface area contributed by atoms with Gasteiger partial charge in [0.05, 0.1) is 4.90 Å². The van der Waals surface area contributed by atoms with E-state index in [2.05, 4.69) is 26.0 Å². The van der Waals surface area contributed by atoms with Crippen molar-refractivity contribution in [2.45, 2.75) is 37.6 Å². The lowest BCUT2D eigenvalue weighted by atomic mass is 9.94. The van der Waals surface area contributed by atoms with E-state index in [0.717, 1.165) is 36.0 Å². The zero-order valence-corrected chi connectivity index (χ0v) is 14.2. The summed E-state index contributed by atoms with van der Waals surface area (Å²) in [5.41, 5.74) is 0.759. The first-order valence-electron chi connectivity index (χ1n) is 6.89. The van der Waals surface area contributed by atoms with Gasteiger partial charge < -0.3 is 5.32 Å². The van der Waals surface area contributed by atoms with Gasteiger partial charge in [-0.05, 0) is 63.4 Å². The number of hydrogen-bond acceptors (Lipinski definition) is 3. The normalized spacial score (nSPS) is 21.6. The average Bonchev–Trinajstić information content (AvgIpc) is 2.42. The molecule has 0 amide bonds. The van der Waals surface area contributed by atoms with Gasteiger partial charge in [0.2, 0.25) is 10.0 Å². The highest BCUT2D eigenvalue weighted by atomic mass is 79.9. The van der Waals surface area contributed by atoms with Crippen molar-refractivity contribution in [1.82, 2.24) is 10.0 Å². The molecule has 0 aromatic heterocycles. The highest BCUT2D eigenvalue weighted by Gasteiger charge is 2.26. The lowest BCUT2D eigenvalue weighted by molar-refractivity contribution is 0.320. The minimum atomic E-state index is -3.47. The molecule has 0 aliphatic carbocycles. The molecule has 1 aromatic carbocycles. The lowest BCUT2D eigenvalue weighted by Crippen LogP contribution is -2.44. The molecular formula is C14H21BrN2O2S. The van der Waals surface area contributed by atoms with Gasteiger partial charge in [-0.1, -0.05) is 22.0 Å². The highest BCUT2D eigenvalue weighted by Crippen LogP contribution is 2.22. The van der Waals surface area contributed by atoms with Gasteiger partial charge in [0.25, 0.3) is 0 Å². The molecule has 1 aliphatic heterocycles. The molecule has 1 saturated heterocycles. The van der Waals surface area contributed by atoms with E-state index in [4.69, 9.17) is 0 Å². The number of sulfonamides is 1. The summed E-state index contributed by atoms with van der Waals surface area (Å²) in [6.07, 6.45) is 2.17. The van der Waals surface area contributed by atoms with Gasteiger partial charge in [-0.25, -0.2) is 13.1 Å². The summed E-state index contributed by atoms with van der Waals surface area (Å²) in [6, 6.07) is 5.25. The number of nitrogens with one attached hydrogen (secondary N) is 2. The molecule has 2 rings (SSSR count). The standard InChI is InChI=1S/C14H21BrN2O2S/c1-10-5-6-13(15)8-14(10)20(18,19)17-11(2)12-4-3-7-16-9-12/h5-6,8,11-12,16-17H,3-4,7,9H2,1-2H3. The van der Waals surface area contributed by atoms with Crippen molar-refractivity contribution < 1.29 is 8.42 Å². The van der Waals surface area contributed by atoms with E-state index < -0.39 is 10.0 Å². The summed E-state index contributed by atoms with van der Waals surface area (Å²) in [6.45, 7) is 5.66. The summed E-state index contributed by atoms with van der Waals surface area (Å²) in [7, 11) is -3.47. The van der Waals surface area contributed by atoms with Gasteiger partial charge in [0, 0.05) is 10.5 Å². The lowest BCUT2D eigenvalue weighted by Gasteiger charge is -2.28. The van der Waals surface area contributed by atoms with Crippen LogP contribution in [0.4, 0.5) is 0 Å². The first-order chi connectivity index (χ1) is 9.40. The third-order valence-electron chi connectivity index (χ3n) is 3.82. The molecule has 112 valence electrons. The largest absolute Gasteiger partial charge is 0.316 e. The van der Waals surface area contributed by atoms with Crippen LogP contribution in [0.1, 0.15) is 25.3 Å². The van der Waals surface area contributed by atoms with Crippen LogP contribution in [-0.2, 0) is 10.0 Å². The Morgan fingerprint density at radius 3 is 2.85 bits per heavy atom. The van der Waals surface area contributed by atoms with Crippen LogP contribution >= 0.6 is 15.9 Å². The Kier molecular flexibility index (Phi) is 5.23. The van der Waals surface area contributed by atoms with Crippen LogP contribution in [0, 0.1) is 12.8 Å². The van der Waals surface area contributed by atoms with Crippen LogP contribution in [-0.4, -0.2) is 27.5 Å². The molecule has 1 fully saturated rings. The second kappa shape index (κ2) is 6.56. The van der Waals surface area contributed by atoms with E-state index in [-0.39, 0.29) is 6.04 Å². The first-order valence-corrected chi connectivity index (χ1v) is 9.17. The molecule has 0 spiro atoms. The summed E-state index contributed by atoms with van der Waals surface area (Å²) >= 11 is 3.33. The average molecular weight is 361 g/mol. The number of piperidine rings is 1. The summed E-state index contributed by atoms with van der Waals surface area (Å²) in [4.78, 5) is 0.350. The van der Waals surface area contributed by atoms with Gasteiger partial charge in [0.1, 0.15) is 0 Å². The van der Waals surface area contributed by atoms with Crippen molar-refractivity contribution in [2.24, 2.45) is 5.92 Å². The van der Waals surface area contributed by atoms with Crippen molar-refractivity contribution in [3.05, 3.63) is 28.2 Å². The van der Waals surface area contributed by atoms with Crippen LogP contribution in [0.3, 0.4) is 0 Å². The van der Waals surface area contributed by atoms with E-state index in [9.17, 15) is 8.42 Å². The Balaban J connectivity index is 2.16. The number of hydrogen-bond donors (Lipinski definition) is 2. The Labute approximate surface area is 129 Å². The Hall–Kier alpha value is -0.430. The van der Waals surface area contributed by atoms with Gasteiger partial charge >= 0.3 is 0 Å². The summed E-state index contributed by atoms with van der Waals surface area (Å²) in [5.74, 6) is 0.353. The fourth-order valence-corrected chi connectivity index (χ4v) is 4.67. The fraction of sp³-hybridized carbons (Fsp3) is 0.571. The topological polar surface area (TPSA) is 58.2 Å². The number of benzene rings is 1. The molecule has 1 heterocycles. The van der Waals surface area contributed by atoms with Crippen molar-refractivity contribution in [3.63, 3.8) is 0 Å². The maximum absolute atomic E-state index is 12.5. The molecule has 20 heavy (non-hydrogen) atoms. The number of rotatable bonds is 4. The third-order valence-corrected chi connectivity index (χ3v) is 6.02. The van der Waals surface area contributed by atoms with Crippen LogP contribution in [0.25, 0.3) is 0 Å². The molecule has 2 N–H and O–H groups in total. The maximum Gasteiger partial charge on any atom is 0.241 e. The third kappa shape index (κ3) is 3.81. The minimum Gasteiger partial charge on any atom is -0.316 e. The molecule has 0 radical (unpaired) electrons. The second-order valence-electron chi connectivity index (χ2n) is 5.43. The predicted molar refractivity (Wildman–Crippen MR) is 84.3 cm³/mol. The summed E-state index contributed by atoms with van der Waals surface area (Å²) in [5, 5.41) is 3.32. The van der Waals surface area contributed by atoms with Gasteiger partial charge in [-0.15, -0.1) is 0 Å². The molecule has 2 unspecified atom stereocenters. The Morgan fingerprint density at radius 1 is 1.45 bits per heavy atom. The smallest absolute Gasteiger partial charge is 0.241 e. The number of aryl methyl sites for hydroxylation is 1. The quantitative estimate of drug-likeness (QED) is 0.866. The van der Waals surface area contributed by atoms with E-state index >= 15 is 0 Å².